The molecule has 0 radical (unpaired) electrons. The number of methoxy groups -OCH3 is 1. The van der Waals surface area contributed by atoms with Gasteiger partial charge in [0.1, 0.15) is 12.4 Å². The minimum atomic E-state index is 0.267. The molecule has 0 saturated heterocycles. The molecule has 164 valence electrons. The van der Waals surface area contributed by atoms with Gasteiger partial charge in [0.15, 0.2) is 17.3 Å². The van der Waals surface area contributed by atoms with Crippen LogP contribution in [0, 0.1) is 0 Å². The predicted octanol–water partition coefficient (Wildman–Crippen LogP) is 5.04. The van der Waals surface area contributed by atoms with Crippen LogP contribution in [0.4, 0.5) is 0 Å². The lowest BCUT2D eigenvalue weighted by atomic mass is 10.2. The van der Waals surface area contributed by atoms with E-state index in [9.17, 15) is 0 Å². The number of aromatic nitrogens is 3. The summed E-state index contributed by atoms with van der Waals surface area (Å²) >= 11 is 1.47. The maximum absolute atomic E-state index is 5.85. The van der Waals surface area contributed by atoms with Crippen molar-refractivity contribution in [3.8, 4) is 17.2 Å². The number of nitrogens with zero attached hydrogens (tertiary/aromatic N) is 4. The zero-order chi connectivity index (χ0) is 21.9. The van der Waals surface area contributed by atoms with E-state index in [1.165, 1.54) is 11.8 Å². The van der Waals surface area contributed by atoms with Gasteiger partial charge in [-0.1, -0.05) is 49.7 Å². The van der Waals surface area contributed by atoms with E-state index in [1.54, 1.807) is 18.0 Å². The molecule has 1 heterocycles. The van der Waals surface area contributed by atoms with Gasteiger partial charge in [-0.15, -0.1) is 10.2 Å². The summed E-state index contributed by atoms with van der Waals surface area (Å²) in [4.78, 5) is 0. The van der Waals surface area contributed by atoms with E-state index in [-0.39, 0.29) is 6.61 Å². The summed E-state index contributed by atoms with van der Waals surface area (Å²) in [7, 11) is 1.64. The summed E-state index contributed by atoms with van der Waals surface area (Å²) in [6, 6.07) is 15.4. The molecule has 7 nitrogen and oxygen atoms in total. The fourth-order valence-corrected chi connectivity index (χ4v) is 3.28. The lowest BCUT2D eigenvalue weighted by molar-refractivity contribution is 0.286. The minimum absolute atomic E-state index is 0.267. The van der Waals surface area contributed by atoms with Gasteiger partial charge in [0.05, 0.1) is 19.9 Å². The first-order valence-corrected chi connectivity index (χ1v) is 11.5. The number of hydrogen-bond acceptors (Lipinski definition) is 7. The number of para-hydroxylation sites is 1. The zero-order valence-corrected chi connectivity index (χ0v) is 19.0. The minimum Gasteiger partial charge on any atom is -0.493 e. The monoisotopic (exact) mass is 440 g/mol. The molecule has 0 aliphatic carbocycles. The van der Waals surface area contributed by atoms with Gasteiger partial charge in [0.2, 0.25) is 5.16 Å². The van der Waals surface area contributed by atoms with E-state index in [0.717, 1.165) is 36.3 Å². The Labute approximate surface area is 187 Å². The fourth-order valence-electron chi connectivity index (χ4n) is 2.84. The number of rotatable bonds is 12. The van der Waals surface area contributed by atoms with Crippen LogP contribution in [0.25, 0.3) is 0 Å². The van der Waals surface area contributed by atoms with Crippen molar-refractivity contribution in [1.82, 2.24) is 14.9 Å². The van der Waals surface area contributed by atoms with Gasteiger partial charge >= 0.3 is 0 Å². The highest BCUT2D eigenvalue weighted by molar-refractivity contribution is 7.98. The second-order valence-electron chi connectivity index (χ2n) is 6.73. The summed E-state index contributed by atoms with van der Waals surface area (Å²) in [5.41, 5.74) is 0.883. The van der Waals surface area contributed by atoms with Crippen molar-refractivity contribution in [1.29, 1.82) is 0 Å². The number of hydrogen-bond donors (Lipinski definition) is 0. The highest BCUT2D eigenvalue weighted by atomic mass is 32.2. The molecule has 2 aromatic carbocycles. The summed E-state index contributed by atoms with van der Waals surface area (Å²) in [6.45, 7) is 3.12. The average molecular weight is 441 g/mol. The highest BCUT2D eigenvalue weighted by Gasteiger charge is 2.12. The molecule has 0 amide bonds. The molecule has 0 bridgehead atoms. The normalized spacial score (nSPS) is 11.1. The van der Waals surface area contributed by atoms with Crippen molar-refractivity contribution >= 4 is 18.0 Å². The molecule has 1 aromatic heterocycles. The third-order valence-corrected chi connectivity index (χ3v) is 5.11. The second kappa shape index (κ2) is 12.0. The Bertz CT molecular complexity index is 976. The topological polar surface area (TPSA) is 70.8 Å². The SMILES string of the molecule is CCCCCOc1ccc(/C=N\n2c(COc3ccccc3)nnc2SC)cc1OC. The molecule has 0 N–H and O–H groups in total. The van der Waals surface area contributed by atoms with E-state index >= 15 is 0 Å². The summed E-state index contributed by atoms with van der Waals surface area (Å²) in [6.07, 6.45) is 7.03. The number of unbranched alkanes of at least 4 members (excludes halogenated alkanes) is 2. The van der Waals surface area contributed by atoms with E-state index < -0.39 is 0 Å². The predicted molar refractivity (Wildman–Crippen MR) is 124 cm³/mol. The summed E-state index contributed by atoms with van der Waals surface area (Å²) in [5.74, 6) is 2.81. The van der Waals surface area contributed by atoms with Crippen LogP contribution in [0.3, 0.4) is 0 Å². The Morgan fingerprint density at radius 1 is 1.03 bits per heavy atom. The van der Waals surface area contributed by atoms with Gasteiger partial charge in [-0.2, -0.15) is 9.78 Å². The third kappa shape index (κ3) is 6.49. The van der Waals surface area contributed by atoms with Crippen LogP contribution in [0.5, 0.6) is 17.2 Å². The van der Waals surface area contributed by atoms with Crippen molar-refractivity contribution in [2.24, 2.45) is 5.10 Å². The van der Waals surface area contributed by atoms with Crippen molar-refractivity contribution < 1.29 is 14.2 Å². The molecule has 0 unspecified atom stereocenters. The van der Waals surface area contributed by atoms with Gasteiger partial charge in [-0.3, -0.25) is 0 Å². The summed E-state index contributed by atoms with van der Waals surface area (Å²) < 4.78 is 18.8. The van der Waals surface area contributed by atoms with Gasteiger partial charge in [0.25, 0.3) is 0 Å². The second-order valence-corrected chi connectivity index (χ2v) is 7.50. The molecule has 3 aromatic rings. The molecular weight excluding hydrogens is 412 g/mol. The molecular formula is C23H28N4O3S. The van der Waals surface area contributed by atoms with Crippen LogP contribution in [0.15, 0.2) is 58.8 Å². The van der Waals surface area contributed by atoms with E-state index in [4.69, 9.17) is 14.2 Å². The third-order valence-electron chi connectivity index (χ3n) is 4.49. The van der Waals surface area contributed by atoms with Crippen LogP contribution in [0.2, 0.25) is 0 Å². The van der Waals surface area contributed by atoms with Crippen LogP contribution in [-0.2, 0) is 6.61 Å². The molecule has 3 rings (SSSR count). The fraction of sp³-hybridized carbons (Fsp3) is 0.348. The van der Waals surface area contributed by atoms with Crippen LogP contribution >= 0.6 is 11.8 Å². The lowest BCUT2D eigenvalue weighted by Gasteiger charge is -2.11. The summed E-state index contributed by atoms with van der Waals surface area (Å²) in [5, 5.41) is 13.7. The first-order valence-electron chi connectivity index (χ1n) is 10.3. The Morgan fingerprint density at radius 2 is 1.87 bits per heavy atom. The van der Waals surface area contributed by atoms with Gasteiger partial charge in [-0.05, 0) is 48.6 Å². The largest absolute Gasteiger partial charge is 0.493 e. The van der Waals surface area contributed by atoms with Crippen molar-refractivity contribution in [2.45, 2.75) is 37.9 Å². The first kappa shape index (κ1) is 22.7. The average Bonchev–Trinajstić information content (AvgIpc) is 3.22. The van der Waals surface area contributed by atoms with Crippen molar-refractivity contribution in [3.05, 3.63) is 59.9 Å². The molecule has 0 spiro atoms. The van der Waals surface area contributed by atoms with Crippen LogP contribution in [-0.4, -0.2) is 41.1 Å². The zero-order valence-electron chi connectivity index (χ0n) is 18.2. The smallest absolute Gasteiger partial charge is 0.211 e. The molecule has 0 aliphatic heterocycles. The number of benzene rings is 2. The number of ether oxygens (including phenoxy) is 3. The van der Waals surface area contributed by atoms with Crippen molar-refractivity contribution in [2.75, 3.05) is 20.0 Å². The van der Waals surface area contributed by atoms with Gasteiger partial charge in [0, 0.05) is 0 Å². The molecule has 0 aliphatic rings. The lowest BCUT2D eigenvalue weighted by Crippen LogP contribution is -2.05. The van der Waals surface area contributed by atoms with Gasteiger partial charge < -0.3 is 14.2 Å². The van der Waals surface area contributed by atoms with Gasteiger partial charge in [-0.25, -0.2) is 0 Å². The maximum Gasteiger partial charge on any atom is 0.211 e. The quantitative estimate of drug-likeness (QED) is 0.223. The number of thioether (sulfide) groups is 1. The standard InChI is InChI=1S/C23H28N4O3S/c1-4-5-9-14-29-20-13-12-18(15-21(20)28-2)16-24-27-22(25-26-23(27)31-3)17-30-19-10-7-6-8-11-19/h6-8,10-13,15-16H,4-5,9,14,17H2,1-3H3/b24-16-. The van der Waals surface area contributed by atoms with E-state index in [2.05, 4.69) is 22.2 Å². The Morgan fingerprint density at radius 3 is 2.61 bits per heavy atom. The highest BCUT2D eigenvalue weighted by Crippen LogP contribution is 2.28. The van der Waals surface area contributed by atoms with E-state index in [0.29, 0.717) is 23.3 Å². The Balaban J connectivity index is 1.72. The molecule has 0 fully saturated rings. The molecule has 31 heavy (non-hydrogen) atoms. The molecule has 0 atom stereocenters. The molecule has 0 saturated carbocycles. The first-order chi connectivity index (χ1) is 15.2. The Hall–Kier alpha value is -3.00. The Kier molecular flexibility index (Phi) is 8.78. The van der Waals surface area contributed by atoms with Crippen LogP contribution in [0.1, 0.15) is 37.6 Å². The maximum atomic E-state index is 5.85. The van der Waals surface area contributed by atoms with E-state index in [1.807, 2.05) is 54.8 Å². The molecule has 8 heteroatoms. The van der Waals surface area contributed by atoms with Crippen LogP contribution < -0.4 is 14.2 Å². The van der Waals surface area contributed by atoms with Crippen molar-refractivity contribution in [3.63, 3.8) is 0 Å².